The van der Waals surface area contributed by atoms with Crippen molar-refractivity contribution in [2.75, 3.05) is 10.6 Å². The second-order valence-electron chi connectivity index (χ2n) is 7.86. The number of rotatable bonds is 6. The third-order valence-corrected chi connectivity index (χ3v) is 5.07. The molecule has 2 amide bonds. The summed E-state index contributed by atoms with van der Waals surface area (Å²) in [7, 11) is 0. The topological polar surface area (TPSA) is 67.4 Å². The second kappa shape index (κ2) is 9.47. The van der Waals surface area contributed by atoms with E-state index < -0.39 is 6.10 Å². The molecule has 3 aromatic rings. The molecule has 0 unspecified atom stereocenters. The standard InChI is InChI=1S/C26H28N2O3/c1-16-6-12-23(18(3)14-16)27-25(29)20(5)31-22-10-8-21(9-11-22)26(30)28-24-13-7-17(2)15-19(24)4/h6-15,20H,1-5H3,(H,27,29)(H,28,30)/t20-/m1/s1. The molecule has 0 saturated carbocycles. The van der Waals surface area contributed by atoms with Gasteiger partial charge in [-0.25, -0.2) is 0 Å². The quantitative estimate of drug-likeness (QED) is 0.551. The first-order valence-corrected chi connectivity index (χ1v) is 10.3. The zero-order valence-electron chi connectivity index (χ0n) is 18.6. The van der Waals surface area contributed by atoms with Crippen LogP contribution in [0.25, 0.3) is 0 Å². The van der Waals surface area contributed by atoms with Crippen molar-refractivity contribution in [1.82, 2.24) is 0 Å². The van der Waals surface area contributed by atoms with Crippen LogP contribution in [0.2, 0.25) is 0 Å². The average Bonchev–Trinajstić information content (AvgIpc) is 2.72. The lowest BCUT2D eigenvalue weighted by Gasteiger charge is -2.16. The highest BCUT2D eigenvalue weighted by Gasteiger charge is 2.16. The van der Waals surface area contributed by atoms with Gasteiger partial charge < -0.3 is 15.4 Å². The molecule has 160 valence electrons. The minimum Gasteiger partial charge on any atom is -0.481 e. The normalized spacial score (nSPS) is 11.5. The summed E-state index contributed by atoms with van der Waals surface area (Å²) >= 11 is 0. The second-order valence-corrected chi connectivity index (χ2v) is 7.86. The molecule has 3 aromatic carbocycles. The third kappa shape index (κ3) is 5.72. The van der Waals surface area contributed by atoms with Crippen molar-refractivity contribution in [3.8, 4) is 5.75 Å². The lowest BCUT2D eigenvalue weighted by molar-refractivity contribution is -0.122. The zero-order chi connectivity index (χ0) is 22.5. The van der Waals surface area contributed by atoms with Gasteiger partial charge in [-0.05, 0) is 82.1 Å². The lowest BCUT2D eigenvalue weighted by Crippen LogP contribution is -2.30. The van der Waals surface area contributed by atoms with E-state index in [1.165, 1.54) is 0 Å². The van der Waals surface area contributed by atoms with Crippen molar-refractivity contribution in [3.05, 3.63) is 88.5 Å². The number of amides is 2. The van der Waals surface area contributed by atoms with Crippen molar-refractivity contribution in [2.24, 2.45) is 0 Å². The highest BCUT2D eigenvalue weighted by molar-refractivity contribution is 6.04. The van der Waals surface area contributed by atoms with Crippen molar-refractivity contribution >= 4 is 23.2 Å². The number of carbonyl (C=O) groups excluding carboxylic acids is 2. The number of ether oxygens (including phenoxy) is 1. The van der Waals surface area contributed by atoms with E-state index in [9.17, 15) is 9.59 Å². The summed E-state index contributed by atoms with van der Waals surface area (Å²) in [5.74, 6) is 0.0918. The fraction of sp³-hybridized carbons (Fsp3) is 0.231. The van der Waals surface area contributed by atoms with Crippen LogP contribution in [0.5, 0.6) is 5.75 Å². The Morgan fingerprint density at radius 1 is 0.742 bits per heavy atom. The van der Waals surface area contributed by atoms with Gasteiger partial charge in [-0.15, -0.1) is 0 Å². The van der Waals surface area contributed by atoms with Crippen LogP contribution in [0.15, 0.2) is 60.7 Å². The van der Waals surface area contributed by atoms with Crippen LogP contribution in [0.3, 0.4) is 0 Å². The van der Waals surface area contributed by atoms with Crippen molar-refractivity contribution in [1.29, 1.82) is 0 Å². The lowest BCUT2D eigenvalue weighted by atomic mass is 10.1. The molecule has 3 rings (SSSR count). The number of hydrogen-bond donors (Lipinski definition) is 2. The van der Waals surface area contributed by atoms with E-state index in [4.69, 9.17) is 4.74 Å². The highest BCUT2D eigenvalue weighted by Crippen LogP contribution is 2.20. The minimum atomic E-state index is -0.685. The molecule has 0 aliphatic carbocycles. The Morgan fingerprint density at radius 3 is 1.77 bits per heavy atom. The molecule has 5 nitrogen and oxygen atoms in total. The first-order chi connectivity index (χ1) is 14.7. The molecule has 0 heterocycles. The highest BCUT2D eigenvalue weighted by atomic mass is 16.5. The monoisotopic (exact) mass is 416 g/mol. The molecule has 2 N–H and O–H groups in total. The summed E-state index contributed by atoms with van der Waals surface area (Å²) in [6.45, 7) is 9.64. The minimum absolute atomic E-state index is 0.195. The molecule has 0 aliphatic heterocycles. The Kier molecular flexibility index (Phi) is 6.75. The van der Waals surface area contributed by atoms with Gasteiger partial charge in [0, 0.05) is 16.9 Å². The molecule has 31 heavy (non-hydrogen) atoms. The number of benzene rings is 3. The van der Waals surface area contributed by atoms with Crippen LogP contribution in [0.4, 0.5) is 11.4 Å². The molecule has 0 fully saturated rings. The van der Waals surface area contributed by atoms with Crippen molar-refractivity contribution in [3.63, 3.8) is 0 Å². The zero-order valence-corrected chi connectivity index (χ0v) is 18.6. The van der Waals surface area contributed by atoms with E-state index in [2.05, 4.69) is 10.6 Å². The Bertz CT molecular complexity index is 1100. The molecule has 1 atom stereocenters. The van der Waals surface area contributed by atoms with Crippen LogP contribution < -0.4 is 15.4 Å². The largest absolute Gasteiger partial charge is 0.481 e. The third-order valence-electron chi connectivity index (χ3n) is 5.07. The van der Waals surface area contributed by atoms with Gasteiger partial charge in [0.05, 0.1) is 0 Å². The molecule has 0 aliphatic rings. The number of carbonyl (C=O) groups is 2. The molecule has 5 heteroatoms. The van der Waals surface area contributed by atoms with Crippen LogP contribution in [0, 0.1) is 27.7 Å². The summed E-state index contributed by atoms with van der Waals surface area (Å²) in [4.78, 5) is 25.0. The summed E-state index contributed by atoms with van der Waals surface area (Å²) in [6.07, 6.45) is -0.685. The van der Waals surface area contributed by atoms with Gasteiger partial charge in [-0.3, -0.25) is 9.59 Å². The molecule has 0 aromatic heterocycles. The van der Waals surface area contributed by atoms with Crippen LogP contribution in [-0.2, 0) is 4.79 Å². The van der Waals surface area contributed by atoms with E-state index in [1.54, 1.807) is 31.2 Å². The first kappa shape index (κ1) is 22.1. The van der Waals surface area contributed by atoms with Gasteiger partial charge in [0.1, 0.15) is 5.75 Å². The maximum Gasteiger partial charge on any atom is 0.265 e. The van der Waals surface area contributed by atoms with Gasteiger partial charge >= 0.3 is 0 Å². The molecular weight excluding hydrogens is 388 g/mol. The van der Waals surface area contributed by atoms with Gasteiger partial charge in [-0.2, -0.15) is 0 Å². The van der Waals surface area contributed by atoms with Crippen LogP contribution in [-0.4, -0.2) is 17.9 Å². The Labute approximate surface area is 183 Å². The summed E-state index contributed by atoms with van der Waals surface area (Å²) in [5, 5.41) is 5.82. The predicted molar refractivity (Wildman–Crippen MR) is 125 cm³/mol. The number of aryl methyl sites for hydroxylation is 4. The SMILES string of the molecule is Cc1ccc(NC(=O)c2ccc(O[C@H](C)C(=O)Nc3ccc(C)cc3C)cc2)c(C)c1. The average molecular weight is 417 g/mol. The number of nitrogens with one attached hydrogen (secondary N) is 2. The molecular formula is C26H28N2O3. The Hall–Kier alpha value is -3.60. The van der Waals surface area contributed by atoms with Crippen molar-refractivity contribution < 1.29 is 14.3 Å². The maximum absolute atomic E-state index is 12.5. The summed E-state index contributed by atoms with van der Waals surface area (Å²) in [6, 6.07) is 18.5. The van der Waals surface area contributed by atoms with E-state index in [0.29, 0.717) is 11.3 Å². The number of hydrogen-bond acceptors (Lipinski definition) is 3. The van der Waals surface area contributed by atoms with Crippen LogP contribution in [0.1, 0.15) is 39.5 Å². The number of anilines is 2. The van der Waals surface area contributed by atoms with Crippen LogP contribution >= 0.6 is 0 Å². The van der Waals surface area contributed by atoms with E-state index in [0.717, 1.165) is 33.6 Å². The molecule has 0 radical (unpaired) electrons. The molecule has 0 spiro atoms. The smallest absolute Gasteiger partial charge is 0.265 e. The van der Waals surface area contributed by atoms with Gasteiger partial charge in [0.25, 0.3) is 11.8 Å². The first-order valence-electron chi connectivity index (χ1n) is 10.3. The van der Waals surface area contributed by atoms with Crippen molar-refractivity contribution in [2.45, 2.75) is 40.7 Å². The van der Waals surface area contributed by atoms with Gasteiger partial charge in [0.2, 0.25) is 0 Å². The molecule has 0 bridgehead atoms. The van der Waals surface area contributed by atoms with Gasteiger partial charge in [-0.1, -0.05) is 35.4 Å². The van der Waals surface area contributed by atoms with Gasteiger partial charge in [0.15, 0.2) is 6.10 Å². The maximum atomic E-state index is 12.5. The fourth-order valence-corrected chi connectivity index (χ4v) is 3.28. The molecule has 0 saturated heterocycles. The predicted octanol–water partition coefficient (Wildman–Crippen LogP) is 5.58. The Balaban J connectivity index is 1.60. The fourth-order valence-electron chi connectivity index (χ4n) is 3.28. The van der Waals surface area contributed by atoms with E-state index in [-0.39, 0.29) is 11.8 Å². The van der Waals surface area contributed by atoms with E-state index >= 15 is 0 Å². The summed E-state index contributed by atoms with van der Waals surface area (Å²) < 4.78 is 5.75. The summed E-state index contributed by atoms with van der Waals surface area (Å²) in [5.41, 5.74) is 6.36. The Morgan fingerprint density at radius 2 is 1.26 bits per heavy atom. The van der Waals surface area contributed by atoms with E-state index in [1.807, 2.05) is 64.1 Å².